The van der Waals surface area contributed by atoms with Gasteiger partial charge in [-0.25, -0.2) is 0 Å². The van der Waals surface area contributed by atoms with Crippen LogP contribution < -0.4 is 15.4 Å². The molecule has 1 amide bonds. The molecule has 0 spiro atoms. The van der Waals surface area contributed by atoms with Crippen LogP contribution in [0.2, 0.25) is 0 Å². The molecule has 0 aliphatic carbocycles. The molecular formula is C20H22N2O3. The number of anilines is 1. The number of fused-ring (bicyclic) bond motifs is 1. The summed E-state index contributed by atoms with van der Waals surface area (Å²) in [6.45, 7) is 4.19. The Morgan fingerprint density at radius 2 is 2.00 bits per heavy atom. The third-order valence-corrected chi connectivity index (χ3v) is 4.06. The molecule has 130 valence electrons. The molecule has 3 rings (SSSR count). The Hall–Kier alpha value is -2.79. The van der Waals surface area contributed by atoms with Crippen molar-refractivity contribution in [2.75, 3.05) is 12.4 Å². The fourth-order valence-electron chi connectivity index (χ4n) is 2.74. The van der Waals surface area contributed by atoms with Crippen LogP contribution in [-0.4, -0.2) is 13.0 Å². The number of rotatable bonds is 6. The Balaban J connectivity index is 1.70. The van der Waals surface area contributed by atoms with Crippen molar-refractivity contribution >= 4 is 22.6 Å². The van der Waals surface area contributed by atoms with Gasteiger partial charge in [-0.3, -0.25) is 4.79 Å². The lowest BCUT2D eigenvalue weighted by Crippen LogP contribution is -2.18. The van der Waals surface area contributed by atoms with Crippen LogP contribution in [0.5, 0.6) is 5.75 Å². The van der Waals surface area contributed by atoms with Gasteiger partial charge >= 0.3 is 0 Å². The number of para-hydroxylation sites is 1. The van der Waals surface area contributed by atoms with Crippen LogP contribution in [0.3, 0.4) is 0 Å². The Kier molecular flexibility index (Phi) is 5.05. The Morgan fingerprint density at radius 1 is 1.20 bits per heavy atom. The molecular weight excluding hydrogens is 316 g/mol. The molecule has 0 bridgehead atoms. The Morgan fingerprint density at radius 3 is 2.72 bits per heavy atom. The predicted octanol–water partition coefficient (Wildman–Crippen LogP) is 4.25. The van der Waals surface area contributed by atoms with Gasteiger partial charge in [0.1, 0.15) is 17.1 Å². The topological polar surface area (TPSA) is 63.5 Å². The van der Waals surface area contributed by atoms with Gasteiger partial charge in [-0.05, 0) is 36.8 Å². The van der Waals surface area contributed by atoms with Crippen molar-refractivity contribution in [3.63, 3.8) is 0 Å². The molecule has 5 nitrogen and oxygen atoms in total. The van der Waals surface area contributed by atoms with E-state index in [-0.39, 0.29) is 11.9 Å². The maximum Gasteiger partial charge on any atom is 0.221 e. The molecule has 1 heterocycles. The molecule has 0 saturated carbocycles. The minimum Gasteiger partial charge on any atom is -0.495 e. The quantitative estimate of drug-likeness (QED) is 0.705. The maximum absolute atomic E-state index is 11.3. The highest BCUT2D eigenvalue weighted by molar-refractivity contribution is 5.90. The fourth-order valence-corrected chi connectivity index (χ4v) is 2.74. The molecule has 0 radical (unpaired) electrons. The van der Waals surface area contributed by atoms with Crippen molar-refractivity contribution < 1.29 is 13.9 Å². The summed E-state index contributed by atoms with van der Waals surface area (Å²) in [5, 5.41) is 7.34. The van der Waals surface area contributed by atoms with E-state index < -0.39 is 0 Å². The standard InChI is InChI=1S/C20H22N2O3/c1-13(20-11-16-6-4-5-7-18(16)25-20)21-12-15-8-9-19(24-3)17(10-15)22-14(2)23/h4-11,13,21H,12H2,1-3H3,(H,22,23)/t13-/m0/s1. The molecule has 0 aliphatic rings. The van der Waals surface area contributed by atoms with E-state index in [1.165, 1.54) is 6.92 Å². The van der Waals surface area contributed by atoms with Crippen LogP contribution >= 0.6 is 0 Å². The zero-order valence-electron chi connectivity index (χ0n) is 14.6. The number of hydrogen-bond acceptors (Lipinski definition) is 4. The molecule has 1 atom stereocenters. The van der Waals surface area contributed by atoms with Crippen LogP contribution in [0.4, 0.5) is 5.69 Å². The summed E-state index contributed by atoms with van der Waals surface area (Å²) in [4.78, 5) is 11.3. The molecule has 1 aromatic heterocycles. The monoisotopic (exact) mass is 338 g/mol. The molecule has 3 aromatic rings. The number of furan rings is 1. The molecule has 0 saturated heterocycles. The minimum absolute atomic E-state index is 0.0683. The van der Waals surface area contributed by atoms with Crippen LogP contribution in [0, 0.1) is 0 Å². The molecule has 2 aromatic carbocycles. The summed E-state index contributed by atoms with van der Waals surface area (Å²) in [7, 11) is 1.59. The van der Waals surface area contributed by atoms with E-state index in [9.17, 15) is 4.79 Å². The van der Waals surface area contributed by atoms with Crippen LogP contribution in [0.15, 0.2) is 52.9 Å². The summed E-state index contributed by atoms with van der Waals surface area (Å²) < 4.78 is 11.2. The Labute approximate surface area is 147 Å². The second-order valence-electron chi connectivity index (χ2n) is 6.01. The Bertz CT molecular complexity index is 853. The highest BCUT2D eigenvalue weighted by atomic mass is 16.5. The third kappa shape index (κ3) is 4.00. The van der Waals surface area contributed by atoms with Crippen LogP contribution in [0.1, 0.15) is 31.2 Å². The van der Waals surface area contributed by atoms with E-state index in [1.54, 1.807) is 7.11 Å². The summed E-state index contributed by atoms with van der Waals surface area (Å²) in [6.07, 6.45) is 0. The van der Waals surface area contributed by atoms with Gasteiger partial charge in [0.05, 0.1) is 18.8 Å². The lowest BCUT2D eigenvalue weighted by Gasteiger charge is -2.14. The van der Waals surface area contributed by atoms with Gasteiger partial charge in [-0.1, -0.05) is 24.3 Å². The molecule has 0 aliphatic heterocycles. The number of methoxy groups -OCH3 is 1. The molecule has 5 heteroatoms. The van der Waals surface area contributed by atoms with Gasteiger partial charge < -0.3 is 19.8 Å². The van der Waals surface area contributed by atoms with Gasteiger partial charge in [0.2, 0.25) is 5.91 Å². The first-order valence-corrected chi connectivity index (χ1v) is 8.23. The molecule has 2 N–H and O–H groups in total. The van der Waals surface area contributed by atoms with Crippen LogP contribution in [-0.2, 0) is 11.3 Å². The number of carbonyl (C=O) groups is 1. The van der Waals surface area contributed by atoms with Gasteiger partial charge in [0.25, 0.3) is 0 Å². The van der Waals surface area contributed by atoms with Crippen LogP contribution in [0.25, 0.3) is 11.0 Å². The van der Waals surface area contributed by atoms with Gasteiger partial charge in [-0.15, -0.1) is 0 Å². The summed E-state index contributed by atoms with van der Waals surface area (Å²) in [5.74, 6) is 1.42. The summed E-state index contributed by atoms with van der Waals surface area (Å²) in [6, 6.07) is 15.8. The lowest BCUT2D eigenvalue weighted by atomic mass is 10.1. The van der Waals surface area contributed by atoms with E-state index in [4.69, 9.17) is 9.15 Å². The minimum atomic E-state index is -0.126. The van der Waals surface area contributed by atoms with E-state index >= 15 is 0 Å². The number of carbonyl (C=O) groups excluding carboxylic acids is 1. The zero-order valence-corrected chi connectivity index (χ0v) is 14.6. The SMILES string of the molecule is COc1ccc(CN[C@@H](C)c2cc3ccccc3o2)cc1NC(C)=O. The fraction of sp³-hybridized carbons (Fsp3) is 0.250. The first-order valence-electron chi connectivity index (χ1n) is 8.23. The second-order valence-corrected chi connectivity index (χ2v) is 6.01. The van der Waals surface area contributed by atoms with Crippen molar-refractivity contribution in [2.24, 2.45) is 0 Å². The average Bonchev–Trinajstić information content (AvgIpc) is 3.03. The summed E-state index contributed by atoms with van der Waals surface area (Å²) in [5.41, 5.74) is 2.61. The second kappa shape index (κ2) is 7.40. The van der Waals surface area contributed by atoms with Gasteiger partial charge in [0.15, 0.2) is 0 Å². The zero-order chi connectivity index (χ0) is 17.8. The third-order valence-electron chi connectivity index (χ3n) is 4.06. The summed E-state index contributed by atoms with van der Waals surface area (Å²) >= 11 is 0. The van der Waals surface area contributed by atoms with E-state index in [0.29, 0.717) is 18.0 Å². The largest absolute Gasteiger partial charge is 0.495 e. The number of ether oxygens (including phenoxy) is 1. The molecule has 0 fully saturated rings. The maximum atomic E-state index is 11.3. The van der Waals surface area contributed by atoms with Crippen molar-refractivity contribution in [3.05, 3.63) is 59.9 Å². The normalized spacial score (nSPS) is 12.1. The number of amides is 1. The van der Waals surface area contributed by atoms with Gasteiger partial charge in [-0.2, -0.15) is 0 Å². The van der Waals surface area contributed by atoms with Crippen molar-refractivity contribution in [1.82, 2.24) is 5.32 Å². The number of benzene rings is 2. The average molecular weight is 338 g/mol. The highest BCUT2D eigenvalue weighted by Gasteiger charge is 2.12. The molecule has 25 heavy (non-hydrogen) atoms. The number of nitrogens with one attached hydrogen (secondary N) is 2. The first kappa shape index (κ1) is 17.0. The smallest absolute Gasteiger partial charge is 0.221 e. The van der Waals surface area contributed by atoms with E-state index in [2.05, 4.69) is 23.6 Å². The van der Waals surface area contributed by atoms with Crippen molar-refractivity contribution in [1.29, 1.82) is 0 Å². The highest BCUT2D eigenvalue weighted by Crippen LogP contribution is 2.27. The van der Waals surface area contributed by atoms with E-state index in [1.807, 2.05) is 42.5 Å². The number of hydrogen-bond donors (Lipinski definition) is 2. The molecule has 0 unspecified atom stereocenters. The first-order chi connectivity index (χ1) is 12.1. The van der Waals surface area contributed by atoms with E-state index in [0.717, 1.165) is 22.3 Å². The van der Waals surface area contributed by atoms with Crippen molar-refractivity contribution in [3.8, 4) is 5.75 Å². The van der Waals surface area contributed by atoms with Crippen molar-refractivity contribution in [2.45, 2.75) is 26.4 Å². The lowest BCUT2D eigenvalue weighted by molar-refractivity contribution is -0.114. The predicted molar refractivity (Wildman–Crippen MR) is 98.8 cm³/mol. The van der Waals surface area contributed by atoms with Gasteiger partial charge in [0, 0.05) is 18.9 Å².